The second-order valence-corrected chi connectivity index (χ2v) is 7.31. The van der Waals surface area contributed by atoms with Crippen LogP contribution >= 0.6 is 0 Å². The molecule has 1 aliphatic rings. The monoisotopic (exact) mass is 378 g/mol. The molecule has 2 aromatic heterocycles. The first-order valence-corrected chi connectivity index (χ1v) is 10.0. The number of hydrogen-bond acceptors (Lipinski definition) is 4. The number of likely N-dealkylation sites (tertiary alicyclic amines) is 1. The minimum absolute atomic E-state index is 0.00359. The molecule has 7 nitrogen and oxygen atoms in total. The molecule has 0 unspecified atom stereocenters. The van der Waals surface area contributed by atoms with E-state index in [4.69, 9.17) is 0 Å². The first-order chi connectivity index (χ1) is 13.8. The lowest BCUT2D eigenvalue weighted by Crippen LogP contribution is -2.44. The van der Waals surface area contributed by atoms with Gasteiger partial charge in [0.2, 0.25) is 0 Å². The summed E-state index contributed by atoms with van der Waals surface area (Å²) >= 11 is 0. The molecule has 1 amide bonds. The second-order valence-electron chi connectivity index (χ2n) is 7.31. The highest BCUT2D eigenvalue weighted by molar-refractivity contribution is 5.92. The molecule has 0 radical (unpaired) electrons. The van der Waals surface area contributed by atoms with Gasteiger partial charge in [-0.05, 0) is 43.7 Å². The molecule has 1 atom stereocenters. The standard InChI is InChI=1S/C21H26N6O/c28-21(20-17-26(24-23-20)15-10-18-7-2-1-3-8-18)27-14-5-4-9-19(27)11-16-25-13-6-12-22-25/h1-3,6-8,12-13,17,19H,4-5,9-11,14-16H2/t19-/m1/s1. The Bertz CT molecular complexity index is 873. The summed E-state index contributed by atoms with van der Waals surface area (Å²) in [5.41, 5.74) is 1.69. The molecule has 3 aromatic rings. The Kier molecular flexibility index (Phi) is 5.80. The van der Waals surface area contributed by atoms with Crippen molar-refractivity contribution in [2.45, 2.75) is 51.2 Å². The smallest absolute Gasteiger partial charge is 0.276 e. The molecule has 0 bridgehead atoms. The maximum atomic E-state index is 13.0. The largest absolute Gasteiger partial charge is 0.334 e. The fourth-order valence-corrected chi connectivity index (χ4v) is 3.82. The van der Waals surface area contributed by atoms with E-state index in [9.17, 15) is 4.79 Å². The summed E-state index contributed by atoms with van der Waals surface area (Å²) in [7, 11) is 0. The Hall–Kier alpha value is -2.96. The second kappa shape index (κ2) is 8.82. The Morgan fingerprint density at radius 1 is 1.07 bits per heavy atom. The minimum atomic E-state index is -0.00359. The molecule has 1 aromatic carbocycles. The van der Waals surface area contributed by atoms with Crippen molar-refractivity contribution >= 4 is 5.91 Å². The molecule has 4 rings (SSSR count). The lowest BCUT2D eigenvalue weighted by Gasteiger charge is -2.35. The molecule has 1 fully saturated rings. The van der Waals surface area contributed by atoms with Gasteiger partial charge >= 0.3 is 0 Å². The summed E-state index contributed by atoms with van der Waals surface area (Å²) < 4.78 is 3.69. The number of carbonyl (C=O) groups excluding carboxylic acids is 1. The number of benzene rings is 1. The van der Waals surface area contributed by atoms with Gasteiger partial charge in [0.15, 0.2) is 5.69 Å². The topological polar surface area (TPSA) is 68.8 Å². The summed E-state index contributed by atoms with van der Waals surface area (Å²) in [6, 6.07) is 12.4. The first kappa shape index (κ1) is 18.4. The number of amides is 1. The van der Waals surface area contributed by atoms with E-state index in [0.717, 1.165) is 45.2 Å². The number of hydrogen-bond donors (Lipinski definition) is 0. The van der Waals surface area contributed by atoms with E-state index in [1.807, 2.05) is 40.0 Å². The van der Waals surface area contributed by atoms with Crippen LogP contribution in [0.2, 0.25) is 0 Å². The number of nitrogens with zero attached hydrogens (tertiary/aromatic N) is 6. The average Bonchev–Trinajstić information content (AvgIpc) is 3.43. The van der Waals surface area contributed by atoms with Gasteiger partial charge in [0.25, 0.3) is 5.91 Å². The zero-order chi connectivity index (χ0) is 19.2. The summed E-state index contributed by atoms with van der Waals surface area (Å²) in [5.74, 6) is -0.00359. The number of aryl methyl sites for hydroxylation is 3. The Labute approximate surface area is 165 Å². The van der Waals surface area contributed by atoms with E-state index in [0.29, 0.717) is 12.2 Å². The van der Waals surface area contributed by atoms with Crippen LogP contribution in [0.4, 0.5) is 0 Å². The lowest BCUT2D eigenvalue weighted by molar-refractivity contribution is 0.0587. The maximum absolute atomic E-state index is 13.0. The van der Waals surface area contributed by atoms with Gasteiger partial charge in [-0.1, -0.05) is 35.5 Å². The van der Waals surface area contributed by atoms with Gasteiger partial charge in [-0.2, -0.15) is 5.10 Å². The van der Waals surface area contributed by atoms with Crippen LogP contribution in [0.25, 0.3) is 0 Å². The number of carbonyl (C=O) groups is 1. The van der Waals surface area contributed by atoms with Crippen molar-refractivity contribution in [3.8, 4) is 0 Å². The van der Waals surface area contributed by atoms with Crippen molar-refractivity contribution in [3.63, 3.8) is 0 Å². The van der Waals surface area contributed by atoms with Gasteiger partial charge in [-0.3, -0.25) is 14.2 Å². The Balaban J connectivity index is 1.37. The van der Waals surface area contributed by atoms with E-state index in [-0.39, 0.29) is 11.9 Å². The molecular formula is C21H26N6O. The zero-order valence-electron chi connectivity index (χ0n) is 16.0. The number of aromatic nitrogens is 5. The van der Waals surface area contributed by atoms with Gasteiger partial charge in [-0.25, -0.2) is 0 Å². The van der Waals surface area contributed by atoms with E-state index >= 15 is 0 Å². The summed E-state index contributed by atoms with van der Waals surface area (Å²) in [5, 5.41) is 12.6. The minimum Gasteiger partial charge on any atom is -0.334 e. The molecule has 0 spiro atoms. The van der Waals surface area contributed by atoms with E-state index < -0.39 is 0 Å². The molecule has 0 aliphatic carbocycles. The lowest BCUT2D eigenvalue weighted by atomic mass is 9.99. The molecule has 0 N–H and O–H groups in total. The molecule has 1 saturated heterocycles. The van der Waals surface area contributed by atoms with Crippen LogP contribution < -0.4 is 0 Å². The van der Waals surface area contributed by atoms with Crippen LogP contribution in [0, 0.1) is 0 Å². The number of piperidine rings is 1. The van der Waals surface area contributed by atoms with Gasteiger partial charge in [-0.15, -0.1) is 5.10 Å². The van der Waals surface area contributed by atoms with E-state index in [1.54, 1.807) is 17.1 Å². The van der Waals surface area contributed by atoms with Crippen LogP contribution in [0.15, 0.2) is 55.0 Å². The SMILES string of the molecule is O=C(c1cn(CCc2ccccc2)nn1)N1CCCC[C@@H]1CCn1cccn1. The fourth-order valence-electron chi connectivity index (χ4n) is 3.82. The van der Waals surface area contributed by atoms with Gasteiger partial charge < -0.3 is 4.90 Å². The highest BCUT2D eigenvalue weighted by Gasteiger charge is 2.28. The summed E-state index contributed by atoms with van der Waals surface area (Å²) in [6.45, 7) is 2.33. The van der Waals surface area contributed by atoms with Crippen LogP contribution in [0.3, 0.4) is 0 Å². The van der Waals surface area contributed by atoms with Gasteiger partial charge in [0.05, 0.1) is 6.20 Å². The predicted molar refractivity (Wildman–Crippen MR) is 106 cm³/mol. The molecule has 1 aliphatic heterocycles. The predicted octanol–water partition coefficient (Wildman–Crippen LogP) is 2.80. The summed E-state index contributed by atoms with van der Waals surface area (Å²) in [4.78, 5) is 15.0. The normalized spacial score (nSPS) is 17.0. The fraction of sp³-hybridized carbons (Fsp3) is 0.429. The molecule has 7 heteroatoms. The van der Waals surface area contributed by atoms with Crippen molar-refractivity contribution in [1.29, 1.82) is 0 Å². The molecular weight excluding hydrogens is 352 g/mol. The molecule has 0 saturated carbocycles. The van der Waals surface area contributed by atoms with Crippen molar-refractivity contribution in [2.75, 3.05) is 6.54 Å². The highest BCUT2D eigenvalue weighted by atomic mass is 16.2. The van der Waals surface area contributed by atoms with Crippen LogP contribution in [0.5, 0.6) is 0 Å². The van der Waals surface area contributed by atoms with E-state index in [2.05, 4.69) is 27.5 Å². The van der Waals surface area contributed by atoms with Crippen molar-refractivity contribution in [2.24, 2.45) is 0 Å². The van der Waals surface area contributed by atoms with Crippen molar-refractivity contribution < 1.29 is 4.79 Å². The first-order valence-electron chi connectivity index (χ1n) is 10.0. The van der Waals surface area contributed by atoms with Crippen LogP contribution in [-0.2, 0) is 19.5 Å². The third kappa shape index (κ3) is 4.47. The Morgan fingerprint density at radius 2 is 1.96 bits per heavy atom. The van der Waals surface area contributed by atoms with Gasteiger partial charge in [0.1, 0.15) is 0 Å². The maximum Gasteiger partial charge on any atom is 0.276 e. The zero-order valence-corrected chi connectivity index (χ0v) is 16.0. The quantitative estimate of drug-likeness (QED) is 0.634. The molecule has 146 valence electrons. The van der Waals surface area contributed by atoms with Crippen LogP contribution in [-0.4, -0.2) is 48.2 Å². The van der Waals surface area contributed by atoms with Crippen molar-refractivity contribution in [3.05, 3.63) is 66.2 Å². The highest BCUT2D eigenvalue weighted by Crippen LogP contribution is 2.22. The Morgan fingerprint density at radius 3 is 2.79 bits per heavy atom. The summed E-state index contributed by atoms with van der Waals surface area (Å²) in [6.07, 6.45) is 10.6. The third-order valence-electron chi connectivity index (χ3n) is 5.37. The van der Waals surface area contributed by atoms with Crippen molar-refractivity contribution in [1.82, 2.24) is 29.7 Å². The van der Waals surface area contributed by atoms with Crippen LogP contribution in [0.1, 0.15) is 41.7 Å². The van der Waals surface area contributed by atoms with Gasteiger partial charge in [0, 0.05) is 38.1 Å². The average molecular weight is 378 g/mol. The molecule has 28 heavy (non-hydrogen) atoms. The number of rotatable bonds is 7. The third-order valence-corrected chi connectivity index (χ3v) is 5.37. The molecule has 3 heterocycles. The van der Waals surface area contributed by atoms with E-state index in [1.165, 1.54) is 5.56 Å².